The maximum absolute atomic E-state index is 6.25. The van der Waals surface area contributed by atoms with E-state index in [1.165, 1.54) is 0 Å². The Bertz CT molecular complexity index is 106. The van der Waals surface area contributed by atoms with E-state index in [2.05, 4.69) is 0 Å². The van der Waals surface area contributed by atoms with Crippen LogP contribution in [0.25, 0.3) is 0 Å². The Morgan fingerprint density at radius 2 is 0.294 bits per heavy atom. The molecule has 0 saturated carbocycles. The molecule has 0 aromatic rings. The molecule has 11 heteroatoms. The second-order valence-electron chi connectivity index (χ2n) is 0. The minimum Gasteiger partial charge on any atom is -0.512 e. The van der Waals surface area contributed by atoms with Gasteiger partial charge in [0.05, 0.1) is 0 Å². The first-order valence-electron chi connectivity index (χ1n) is 1.34. The molecule has 6 nitrogen and oxygen atoms in total. The van der Waals surface area contributed by atoms with Crippen molar-refractivity contribution >= 4 is 0 Å². The van der Waals surface area contributed by atoms with Gasteiger partial charge in [-0.05, 0) is 0 Å². The van der Waals surface area contributed by atoms with Gasteiger partial charge in [0.25, 0.3) is 0 Å². The third kappa shape index (κ3) is 13300. The van der Waals surface area contributed by atoms with E-state index >= 15 is 0 Å². The van der Waals surface area contributed by atoms with Crippen LogP contribution in [0.2, 0.25) is 0 Å². The normalized spacial score (nSPS) is 0.706. The molecule has 0 fully saturated rings. The van der Waals surface area contributed by atoms with Gasteiger partial charge < -0.3 is 71.0 Å². The summed E-state index contributed by atoms with van der Waals surface area (Å²) in [5, 5.41) is 37.5. The zero-order valence-corrected chi connectivity index (χ0v) is 13.4. The molecule has 0 heterocycles. The van der Waals surface area contributed by atoms with E-state index in [-0.39, 0.29) is 85.3 Å². The summed E-state index contributed by atoms with van der Waals surface area (Å²) in [5.41, 5.74) is 0. The monoisotopic (exact) mass is 432 g/mol. The molecule has 0 saturated heterocycles. The van der Waals surface area contributed by atoms with Gasteiger partial charge in [0.15, 0.2) is 0 Å². The smallest absolute Gasteiger partial charge is 0.512 e. The Hall–Kier alpha value is -0.463. The standard InChI is InChI=1S/6CN.Fe.4Mn/c6*1-2;;;;;/q6*-1;+4;;;;. The van der Waals surface area contributed by atoms with E-state index < -0.39 is 0 Å². The molecule has 0 amide bonds. The van der Waals surface area contributed by atoms with Crippen LogP contribution in [-0.2, 0) is 85.3 Å². The minimum absolute atomic E-state index is 0. The Labute approximate surface area is 155 Å². The molecule has 0 aromatic carbocycles. The van der Waals surface area contributed by atoms with Crippen LogP contribution in [0, 0.1) is 71.0 Å². The van der Waals surface area contributed by atoms with E-state index in [9.17, 15) is 0 Å². The van der Waals surface area contributed by atoms with Crippen LogP contribution >= 0.6 is 0 Å². The summed E-state index contributed by atoms with van der Waals surface area (Å²) in [6.45, 7) is 28.5. The molecule has 0 aliphatic carbocycles. The van der Waals surface area contributed by atoms with Crippen LogP contribution < -0.4 is 0 Å². The molecule has 0 bridgehead atoms. The van der Waals surface area contributed by atoms with Crippen molar-refractivity contribution in [1.29, 1.82) is 31.6 Å². The Kier molecular flexibility index (Phi) is 118000. The quantitative estimate of drug-likeness (QED) is 0.405. The van der Waals surface area contributed by atoms with Crippen LogP contribution in [0.5, 0.6) is 0 Å². The summed E-state index contributed by atoms with van der Waals surface area (Å²) in [6, 6.07) is 0. The molecular weight excluding hydrogens is 432 g/mol. The maximum atomic E-state index is 6.25. The van der Waals surface area contributed by atoms with Gasteiger partial charge in [-0.25, -0.2) is 0 Å². The average Bonchev–Trinajstić information content (AvgIpc) is 2.33. The molecule has 0 unspecified atom stereocenters. The van der Waals surface area contributed by atoms with Crippen LogP contribution in [0.4, 0.5) is 0 Å². The largest absolute Gasteiger partial charge is 4.00 e. The first-order valence-corrected chi connectivity index (χ1v) is 1.34. The molecule has 17 heavy (non-hydrogen) atoms. The second kappa shape index (κ2) is 15300. The fourth-order valence-corrected chi connectivity index (χ4v) is 0. The van der Waals surface area contributed by atoms with Crippen molar-refractivity contribution in [3.8, 4) is 0 Å². The fraction of sp³-hybridized carbons (Fsp3) is 0. The van der Waals surface area contributed by atoms with Crippen LogP contribution in [0.1, 0.15) is 0 Å². The van der Waals surface area contributed by atoms with E-state index in [4.69, 9.17) is 71.0 Å². The van der Waals surface area contributed by atoms with Gasteiger partial charge in [0.1, 0.15) is 0 Å². The Morgan fingerprint density at radius 3 is 0.294 bits per heavy atom. The summed E-state index contributed by atoms with van der Waals surface area (Å²) in [5.74, 6) is 0. The van der Waals surface area contributed by atoms with Crippen LogP contribution in [0.15, 0.2) is 0 Å². The molecule has 0 aliphatic heterocycles. The van der Waals surface area contributed by atoms with Gasteiger partial charge in [0, 0.05) is 68.3 Å². The van der Waals surface area contributed by atoms with E-state index in [1.807, 2.05) is 0 Å². The predicted molar refractivity (Wildman–Crippen MR) is 29.8 cm³/mol. The van der Waals surface area contributed by atoms with E-state index in [1.54, 1.807) is 0 Å². The van der Waals surface area contributed by atoms with Gasteiger partial charge in [0.2, 0.25) is 0 Å². The van der Waals surface area contributed by atoms with Crippen molar-refractivity contribution in [2.24, 2.45) is 0 Å². The van der Waals surface area contributed by atoms with Gasteiger partial charge >= 0.3 is 17.1 Å². The van der Waals surface area contributed by atoms with Crippen molar-refractivity contribution in [1.82, 2.24) is 0 Å². The number of hydrogen-bond acceptors (Lipinski definition) is 6. The van der Waals surface area contributed by atoms with Gasteiger partial charge in [-0.3, -0.25) is 0 Å². The third-order valence-corrected chi connectivity index (χ3v) is 0. The summed E-state index contributed by atoms with van der Waals surface area (Å²) in [6.07, 6.45) is 0. The predicted octanol–water partition coefficient (Wildman–Crippen LogP) is 0.566. The molecule has 0 N–H and O–H groups in total. The molecule has 0 spiro atoms. The first kappa shape index (κ1) is 130. The van der Waals surface area contributed by atoms with Crippen molar-refractivity contribution in [2.45, 2.75) is 0 Å². The zero-order valence-electron chi connectivity index (χ0n) is 7.55. The van der Waals surface area contributed by atoms with Crippen molar-refractivity contribution < 1.29 is 85.3 Å². The second-order valence-corrected chi connectivity index (χ2v) is 0. The number of rotatable bonds is 0. The Morgan fingerprint density at radius 1 is 0.294 bits per heavy atom. The topological polar surface area (TPSA) is 143 Å². The van der Waals surface area contributed by atoms with Gasteiger partial charge in [-0.15, -0.1) is 0 Å². The SMILES string of the molecule is [C-]#N.[C-]#N.[C-]#N.[C-]#N.[C-]#N.[C-]#N.[Fe+4].[Mn].[Mn].[Mn].[Mn]. The summed E-state index contributed by atoms with van der Waals surface area (Å²) < 4.78 is 0. The summed E-state index contributed by atoms with van der Waals surface area (Å²) >= 11 is 0. The van der Waals surface area contributed by atoms with E-state index in [0.29, 0.717) is 0 Å². The summed E-state index contributed by atoms with van der Waals surface area (Å²) in [7, 11) is 0. The van der Waals surface area contributed by atoms with Gasteiger partial charge in [-0.2, -0.15) is 0 Å². The third-order valence-electron chi connectivity index (χ3n) is 0. The maximum Gasteiger partial charge on any atom is 4.00 e. The molecule has 0 aromatic heterocycles. The van der Waals surface area contributed by atoms with E-state index in [0.717, 1.165) is 0 Å². The van der Waals surface area contributed by atoms with Crippen LogP contribution in [0.3, 0.4) is 0 Å². The molecule has 4 radical (unpaired) electrons. The van der Waals surface area contributed by atoms with Crippen molar-refractivity contribution in [3.05, 3.63) is 39.4 Å². The summed E-state index contributed by atoms with van der Waals surface area (Å²) in [4.78, 5) is 0. The van der Waals surface area contributed by atoms with Crippen molar-refractivity contribution in [3.63, 3.8) is 0 Å². The zero-order chi connectivity index (χ0) is 12.0. The number of hydrogen-bond donors (Lipinski definition) is 0. The number of nitrogens with zero attached hydrogens (tertiary/aromatic N) is 6. The average molecular weight is 432 g/mol. The molecule has 0 rings (SSSR count). The molecule has 92 valence electrons. The first-order chi connectivity index (χ1) is 6.00. The molecule has 0 atom stereocenters. The van der Waals surface area contributed by atoms with Crippen LogP contribution in [-0.4, -0.2) is 0 Å². The Balaban J connectivity index is -0.00000000267. The van der Waals surface area contributed by atoms with Crippen molar-refractivity contribution in [2.75, 3.05) is 0 Å². The molecular formula is C6FeMn4N6-2. The minimum atomic E-state index is 0. The fourth-order valence-electron chi connectivity index (χ4n) is 0. The van der Waals surface area contributed by atoms with Gasteiger partial charge in [-0.1, -0.05) is 0 Å². The molecule has 0 aliphatic rings.